The number of fused-ring (bicyclic) bond motifs is 1. The Kier molecular flexibility index (Phi) is 5.87. The van der Waals surface area contributed by atoms with Crippen LogP contribution in [0, 0.1) is 0 Å². The van der Waals surface area contributed by atoms with Crippen molar-refractivity contribution >= 4 is 34.0 Å². The van der Waals surface area contributed by atoms with Crippen molar-refractivity contribution in [3.63, 3.8) is 0 Å². The summed E-state index contributed by atoms with van der Waals surface area (Å²) >= 11 is 1.28. The largest absolute Gasteiger partial charge is 0.493 e. The molecular weight excluding hydrogens is 434 g/mol. The summed E-state index contributed by atoms with van der Waals surface area (Å²) in [6, 6.07) is 8.56. The Labute approximate surface area is 188 Å². The summed E-state index contributed by atoms with van der Waals surface area (Å²) in [5.41, 5.74) is 2.36. The monoisotopic (exact) mass is 455 g/mol. The molecule has 1 aromatic heterocycles. The van der Waals surface area contributed by atoms with E-state index in [1.165, 1.54) is 32.7 Å². The second kappa shape index (κ2) is 8.75. The van der Waals surface area contributed by atoms with Gasteiger partial charge in [-0.05, 0) is 37.3 Å². The highest BCUT2D eigenvalue weighted by molar-refractivity contribution is 7.14. The molecule has 4 rings (SSSR count). The molecule has 2 heterocycles. The molecule has 2 N–H and O–H groups in total. The Morgan fingerprint density at radius 3 is 2.50 bits per heavy atom. The standard InChI is InChI=1S/C22H21N3O6S/c1-11-20(26)23-14-7-12(5-6-16(14)31-11)15-10-32-22(24-15)25-21(27)13-8-17(28-2)19(30-4)18(9-13)29-3/h5-11H,1-4H3,(H,23,26)(H,24,25,27). The van der Waals surface area contributed by atoms with Crippen molar-refractivity contribution in [2.24, 2.45) is 0 Å². The van der Waals surface area contributed by atoms with E-state index in [1.807, 2.05) is 11.4 Å². The molecule has 1 unspecified atom stereocenters. The quantitative estimate of drug-likeness (QED) is 0.582. The number of hydrogen-bond donors (Lipinski definition) is 2. The van der Waals surface area contributed by atoms with Gasteiger partial charge in [-0.3, -0.25) is 14.9 Å². The number of carbonyl (C=O) groups is 2. The topological polar surface area (TPSA) is 108 Å². The second-order valence-electron chi connectivity index (χ2n) is 6.87. The van der Waals surface area contributed by atoms with E-state index in [-0.39, 0.29) is 11.8 Å². The van der Waals surface area contributed by atoms with Crippen LogP contribution in [0.3, 0.4) is 0 Å². The highest BCUT2D eigenvalue weighted by atomic mass is 32.1. The molecule has 0 aliphatic carbocycles. The van der Waals surface area contributed by atoms with E-state index >= 15 is 0 Å². The molecule has 0 saturated carbocycles. The number of methoxy groups -OCH3 is 3. The third-order valence-electron chi connectivity index (χ3n) is 4.86. The molecule has 2 amide bonds. The summed E-state index contributed by atoms with van der Waals surface area (Å²) in [5, 5.41) is 7.85. The second-order valence-corrected chi connectivity index (χ2v) is 7.72. The zero-order chi connectivity index (χ0) is 22.8. The Hall–Kier alpha value is -3.79. The van der Waals surface area contributed by atoms with E-state index in [0.29, 0.717) is 45.1 Å². The van der Waals surface area contributed by atoms with Crippen LogP contribution >= 0.6 is 11.3 Å². The molecule has 32 heavy (non-hydrogen) atoms. The Morgan fingerprint density at radius 1 is 1.12 bits per heavy atom. The van der Waals surface area contributed by atoms with Crippen molar-refractivity contribution < 1.29 is 28.5 Å². The van der Waals surface area contributed by atoms with Crippen LogP contribution in [0.5, 0.6) is 23.0 Å². The highest BCUT2D eigenvalue weighted by Crippen LogP contribution is 2.39. The lowest BCUT2D eigenvalue weighted by atomic mass is 10.1. The first-order chi connectivity index (χ1) is 15.4. The number of anilines is 2. The number of rotatable bonds is 6. The van der Waals surface area contributed by atoms with Crippen LogP contribution in [0.4, 0.5) is 10.8 Å². The maximum absolute atomic E-state index is 12.8. The molecule has 3 aromatic rings. The van der Waals surface area contributed by atoms with Gasteiger partial charge in [0.15, 0.2) is 22.7 Å². The van der Waals surface area contributed by atoms with Crippen molar-refractivity contribution in [1.82, 2.24) is 4.98 Å². The van der Waals surface area contributed by atoms with E-state index in [1.54, 1.807) is 31.2 Å². The summed E-state index contributed by atoms with van der Waals surface area (Å²) in [5.74, 6) is 1.19. The first-order valence-corrected chi connectivity index (χ1v) is 10.5. The number of nitrogens with one attached hydrogen (secondary N) is 2. The van der Waals surface area contributed by atoms with E-state index in [2.05, 4.69) is 15.6 Å². The number of aromatic nitrogens is 1. The molecule has 1 aliphatic rings. The number of thiazole rings is 1. The van der Waals surface area contributed by atoms with Gasteiger partial charge in [0.2, 0.25) is 5.75 Å². The lowest BCUT2D eigenvalue weighted by Crippen LogP contribution is -2.34. The molecule has 0 saturated heterocycles. The minimum Gasteiger partial charge on any atom is -0.493 e. The van der Waals surface area contributed by atoms with E-state index in [9.17, 15) is 9.59 Å². The van der Waals surface area contributed by atoms with Gasteiger partial charge in [0.25, 0.3) is 11.8 Å². The zero-order valence-corrected chi connectivity index (χ0v) is 18.7. The molecule has 0 bridgehead atoms. The summed E-state index contributed by atoms with van der Waals surface area (Å²) in [6.07, 6.45) is -0.537. The fourth-order valence-corrected chi connectivity index (χ4v) is 3.93. The van der Waals surface area contributed by atoms with Crippen molar-refractivity contribution in [3.05, 3.63) is 41.3 Å². The number of carbonyl (C=O) groups excluding carboxylic acids is 2. The molecule has 0 spiro atoms. The molecule has 166 valence electrons. The van der Waals surface area contributed by atoms with Gasteiger partial charge in [-0.25, -0.2) is 4.98 Å². The molecule has 1 aliphatic heterocycles. The van der Waals surface area contributed by atoms with Gasteiger partial charge in [0.05, 0.1) is 32.7 Å². The van der Waals surface area contributed by atoms with Crippen LogP contribution in [-0.2, 0) is 4.79 Å². The third-order valence-corrected chi connectivity index (χ3v) is 5.62. The maximum Gasteiger partial charge on any atom is 0.265 e. The molecule has 2 aromatic carbocycles. The Balaban J connectivity index is 1.55. The van der Waals surface area contributed by atoms with E-state index in [0.717, 1.165) is 5.56 Å². The van der Waals surface area contributed by atoms with Gasteiger partial charge in [-0.1, -0.05) is 0 Å². The Bertz CT molecular complexity index is 1170. The molecule has 0 fully saturated rings. The van der Waals surface area contributed by atoms with Gasteiger partial charge < -0.3 is 24.3 Å². The Morgan fingerprint density at radius 2 is 1.84 bits per heavy atom. The lowest BCUT2D eigenvalue weighted by Gasteiger charge is -2.23. The van der Waals surface area contributed by atoms with Gasteiger partial charge in [-0.2, -0.15) is 0 Å². The smallest absolute Gasteiger partial charge is 0.265 e. The number of amides is 2. The van der Waals surface area contributed by atoms with Gasteiger partial charge in [-0.15, -0.1) is 11.3 Å². The molecular formula is C22H21N3O6S. The number of hydrogen-bond acceptors (Lipinski definition) is 8. The predicted molar refractivity (Wildman–Crippen MR) is 120 cm³/mol. The molecule has 9 nitrogen and oxygen atoms in total. The minimum absolute atomic E-state index is 0.203. The van der Waals surface area contributed by atoms with Crippen LogP contribution < -0.4 is 29.6 Å². The van der Waals surface area contributed by atoms with Crippen LogP contribution in [0.2, 0.25) is 0 Å². The SMILES string of the molecule is COc1cc(C(=O)Nc2nc(-c3ccc4c(c3)NC(=O)C(C)O4)cs2)cc(OC)c1OC. The summed E-state index contributed by atoms with van der Waals surface area (Å²) < 4.78 is 21.5. The van der Waals surface area contributed by atoms with Crippen molar-refractivity contribution in [1.29, 1.82) is 0 Å². The molecule has 10 heteroatoms. The van der Waals surface area contributed by atoms with Crippen LogP contribution in [-0.4, -0.2) is 44.2 Å². The van der Waals surface area contributed by atoms with E-state index in [4.69, 9.17) is 18.9 Å². The summed E-state index contributed by atoms with van der Waals surface area (Å²) in [6.45, 7) is 1.69. The van der Waals surface area contributed by atoms with Crippen LogP contribution in [0.15, 0.2) is 35.7 Å². The predicted octanol–water partition coefficient (Wildman–Crippen LogP) is 3.81. The number of ether oxygens (including phenoxy) is 4. The average Bonchev–Trinajstić information content (AvgIpc) is 3.26. The summed E-state index contributed by atoms with van der Waals surface area (Å²) in [7, 11) is 4.47. The molecule has 0 radical (unpaired) electrons. The van der Waals surface area contributed by atoms with Crippen molar-refractivity contribution in [2.75, 3.05) is 32.0 Å². The van der Waals surface area contributed by atoms with Crippen molar-refractivity contribution in [3.8, 4) is 34.3 Å². The first kappa shape index (κ1) is 21.4. The number of nitrogens with zero attached hydrogens (tertiary/aromatic N) is 1. The lowest BCUT2D eigenvalue weighted by molar-refractivity contribution is -0.122. The van der Waals surface area contributed by atoms with Gasteiger partial charge in [0, 0.05) is 16.5 Å². The van der Waals surface area contributed by atoms with Crippen LogP contribution in [0.25, 0.3) is 11.3 Å². The van der Waals surface area contributed by atoms with Gasteiger partial charge >= 0.3 is 0 Å². The molecule has 1 atom stereocenters. The average molecular weight is 455 g/mol. The highest BCUT2D eigenvalue weighted by Gasteiger charge is 2.24. The van der Waals surface area contributed by atoms with Crippen molar-refractivity contribution in [2.45, 2.75) is 13.0 Å². The number of benzene rings is 2. The van der Waals surface area contributed by atoms with E-state index < -0.39 is 6.10 Å². The first-order valence-electron chi connectivity index (χ1n) is 9.62. The summed E-state index contributed by atoms with van der Waals surface area (Å²) in [4.78, 5) is 29.2. The minimum atomic E-state index is -0.537. The van der Waals surface area contributed by atoms with Gasteiger partial charge in [0.1, 0.15) is 5.75 Å². The normalized spacial score (nSPS) is 14.6. The zero-order valence-electron chi connectivity index (χ0n) is 17.8. The third kappa shape index (κ3) is 4.04. The maximum atomic E-state index is 12.8. The fourth-order valence-electron chi connectivity index (χ4n) is 3.21. The van der Waals surface area contributed by atoms with Crippen LogP contribution in [0.1, 0.15) is 17.3 Å². The fraction of sp³-hybridized carbons (Fsp3) is 0.227.